The molecule has 2 fully saturated rings. The fourth-order valence-corrected chi connectivity index (χ4v) is 3.30. The minimum Gasteiger partial charge on any atom is -0.361 e. The lowest BCUT2D eigenvalue weighted by Crippen LogP contribution is -2.42. The lowest BCUT2D eigenvalue weighted by atomic mass is 10.2. The molecule has 0 aromatic heterocycles. The summed E-state index contributed by atoms with van der Waals surface area (Å²) in [7, 11) is 0. The molecule has 2 amide bonds. The third kappa shape index (κ3) is 4.12. The Morgan fingerprint density at radius 2 is 2.12 bits per heavy atom. The summed E-state index contributed by atoms with van der Waals surface area (Å²) in [5.74, 6) is -0.835. The van der Waals surface area contributed by atoms with Crippen LogP contribution in [-0.4, -0.2) is 40.3 Å². The predicted octanol–water partition coefficient (Wildman–Crippen LogP) is 2.49. The van der Waals surface area contributed by atoms with Crippen LogP contribution in [0.4, 0.5) is 9.18 Å². The number of thiocarbonyl (C=S) groups is 1. The Morgan fingerprint density at radius 3 is 2.83 bits per heavy atom. The lowest BCUT2D eigenvalue weighted by molar-refractivity contribution is -0.122. The van der Waals surface area contributed by atoms with Gasteiger partial charge in [0.2, 0.25) is 0 Å². The van der Waals surface area contributed by atoms with Gasteiger partial charge in [0.05, 0.1) is 4.91 Å². The molecule has 1 aliphatic carbocycles. The number of nitrogens with zero attached hydrogens (tertiary/aromatic N) is 1. The number of nitrogens with one attached hydrogen (secondary N) is 2. The van der Waals surface area contributed by atoms with Gasteiger partial charge in [0.15, 0.2) is 5.11 Å². The van der Waals surface area contributed by atoms with Gasteiger partial charge in [-0.1, -0.05) is 18.2 Å². The summed E-state index contributed by atoms with van der Waals surface area (Å²) in [5.41, 5.74) is 0.288. The molecule has 1 saturated carbocycles. The highest BCUT2D eigenvalue weighted by molar-refractivity contribution is 8.18. The maximum atomic E-state index is 13.7. The number of amides is 2. The standard InChI is InChI=1S/C16H16FN3O2S2/c17-12-4-2-1-3-10(12)9-13-14(21)20(16(22)24-13)8-7-18-15(23)19-11-5-6-11/h1-4,9,11H,5-8H2,(H2,18,19,23)/b13-9-. The van der Waals surface area contributed by atoms with Crippen molar-refractivity contribution in [3.63, 3.8) is 0 Å². The molecular weight excluding hydrogens is 349 g/mol. The molecule has 1 heterocycles. The number of imide groups is 1. The van der Waals surface area contributed by atoms with Crippen LogP contribution in [0.15, 0.2) is 29.2 Å². The van der Waals surface area contributed by atoms with Crippen molar-refractivity contribution in [1.29, 1.82) is 0 Å². The molecule has 2 N–H and O–H groups in total. The van der Waals surface area contributed by atoms with Crippen LogP contribution in [0.1, 0.15) is 18.4 Å². The van der Waals surface area contributed by atoms with Crippen LogP contribution in [0, 0.1) is 5.82 Å². The third-order valence-electron chi connectivity index (χ3n) is 3.60. The molecule has 0 unspecified atom stereocenters. The summed E-state index contributed by atoms with van der Waals surface area (Å²) < 4.78 is 13.7. The highest BCUT2D eigenvalue weighted by atomic mass is 32.2. The van der Waals surface area contributed by atoms with Crippen molar-refractivity contribution in [2.75, 3.05) is 13.1 Å². The van der Waals surface area contributed by atoms with Gasteiger partial charge in [-0.15, -0.1) is 0 Å². The fourth-order valence-electron chi connectivity index (χ4n) is 2.17. The van der Waals surface area contributed by atoms with E-state index in [2.05, 4.69) is 10.6 Å². The van der Waals surface area contributed by atoms with Gasteiger partial charge in [-0.05, 0) is 49.0 Å². The van der Waals surface area contributed by atoms with Crippen LogP contribution in [0.25, 0.3) is 6.08 Å². The zero-order chi connectivity index (χ0) is 17.1. The maximum Gasteiger partial charge on any atom is 0.293 e. The van der Waals surface area contributed by atoms with Gasteiger partial charge in [0, 0.05) is 24.7 Å². The van der Waals surface area contributed by atoms with Gasteiger partial charge in [-0.2, -0.15) is 0 Å². The molecule has 1 saturated heterocycles. The van der Waals surface area contributed by atoms with E-state index < -0.39 is 11.7 Å². The van der Waals surface area contributed by atoms with Crippen LogP contribution in [-0.2, 0) is 4.79 Å². The van der Waals surface area contributed by atoms with Gasteiger partial charge < -0.3 is 10.6 Å². The van der Waals surface area contributed by atoms with E-state index in [-0.39, 0.29) is 22.3 Å². The van der Waals surface area contributed by atoms with E-state index in [0.717, 1.165) is 29.5 Å². The maximum absolute atomic E-state index is 13.7. The summed E-state index contributed by atoms with van der Waals surface area (Å²) in [6.45, 7) is 0.593. The van der Waals surface area contributed by atoms with E-state index in [4.69, 9.17) is 12.2 Å². The van der Waals surface area contributed by atoms with Crippen molar-refractivity contribution in [2.24, 2.45) is 0 Å². The van der Waals surface area contributed by atoms with Crippen molar-refractivity contribution < 1.29 is 14.0 Å². The van der Waals surface area contributed by atoms with Crippen LogP contribution in [0.3, 0.4) is 0 Å². The van der Waals surface area contributed by atoms with Crippen molar-refractivity contribution in [3.05, 3.63) is 40.6 Å². The molecular formula is C16H16FN3O2S2. The first-order valence-corrected chi connectivity index (χ1v) is 8.81. The number of rotatable bonds is 5. The van der Waals surface area contributed by atoms with Crippen LogP contribution < -0.4 is 10.6 Å². The molecule has 126 valence electrons. The number of benzene rings is 1. The first-order valence-electron chi connectivity index (χ1n) is 7.59. The highest BCUT2D eigenvalue weighted by Crippen LogP contribution is 2.32. The molecule has 24 heavy (non-hydrogen) atoms. The monoisotopic (exact) mass is 365 g/mol. The molecule has 1 aromatic carbocycles. The molecule has 0 radical (unpaired) electrons. The quantitative estimate of drug-likeness (QED) is 0.618. The topological polar surface area (TPSA) is 61.4 Å². The first kappa shape index (κ1) is 16.9. The lowest BCUT2D eigenvalue weighted by Gasteiger charge is -2.14. The summed E-state index contributed by atoms with van der Waals surface area (Å²) in [6.07, 6.45) is 3.64. The van der Waals surface area contributed by atoms with Crippen LogP contribution in [0.2, 0.25) is 0 Å². The number of carbonyl (C=O) groups is 2. The van der Waals surface area contributed by atoms with Gasteiger partial charge in [-0.3, -0.25) is 14.5 Å². The predicted molar refractivity (Wildman–Crippen MR) is 95.8 cm³/mol. The Bertz CT molecular complexity index is 719. The van der Waals surface area contributed by atoms with Crippen molar-refractivity contribution in [1.82, 2.24) is 15.5 Å². The fraction of sp³-hybridized carbons (Fsp3) is 0.312. The van der Waals surface area contributed by atoms with Gasteiger partial charge in [0.25, 0.3) is 11.1 Å². The number of hydrogen-bond donors (Lipinski definition) is 2. The van der Waals surface area contributed by atoms with Gasteiger partial charge in [0.1, 0.15) is 5.82 Å². The molecule has 0 bridgehead atoms. The largest absolute Gasteiger partial charge is 0.361 e. The Labute approximate surface area is 148 Å². The summed E-state index contributed by atoms with van der Waals surface area (Å²) in [4.78, 5) is 25.7. The molecule has 5 nitrogen and oxygen atoms in total. The second-order valence-corrected chi connectivity index (χ2v) is 6.93. The Kier molecular flexibility index (Phi) is 5.15. The van der Waals surface area contributed by atoms with Crippen LogP contribution in [0.5, 0.6) is 0 Å². The zero-order valence-corrected chi connectivity index (χ0v) is 14.4. The second-order valence-electron chi connectivity index (χ2n) is 5.53. The third-order valence-corrected chi connectivity index (χ3v) is 4.77. The summed E-state index contributed by atoms with van der Waals surface area (Å²) in [6, 6.07) is 6.58. The summed E-state index contributed by atoms with van der Waals surface area (Å²) in [5, 5.41) is 6.28. The van der Waals surface area contributed by atoms with E-state index in [9.17, 15) is 14.0 Å². The minimum absolute atomic E-state index is 0.214. The van der Waals surface area contributed by atoms with Crippen molar-refractivity contribution in [3.8, 4) is 0 Å². The SMILES string of the molecule is O=C1S/C(=C\c2ccccc2F)C(=O)N1CCNC(=S)NC1CC1. The minimum atomic E-state index is -0.428. The molecule has 0 spiro atoms. The van der Waals surface area contributed by atoms with E-state index >= 15 is 0 Å². The zero-order valence-electron chi connectivity index (χ0n) is 12.8. The highest BCUT2D eigenvalue weighted by Gasteiger charge is 2.34. The number of thioether (sulfide) groups is 1. The van der Waals surface area contributed by atoms with Crippen molar-refractivity contribution >= 4 is 46.3 Å². The van der Waals surface area contributed by atoms with Crippen LogP contribution >= 0.6 is 24.0 Å². The van der Waals surface area contributed by atoms with Gasteiger partial charge >= 0.3 is 0 Å². The van der Waals surface area contributed by atoms with Crippen molar-refractivity contribution in [2.45, 2.75) is 18.9 Å². The first-order chi connectivity index (χ1) is 11.5. The van der Waals surface area contributed by atoms with E-state index in [1.807, 2.05) is 0 Å². The molecule has 8 heteroatoms. The second kappa shape index (κ2) is 7.31. The smallest absolute Gasteiger partial charge is 0.293 e. The summed E-state index contributed by atoms with van der Waals surface area (Å²) >= 11 is 5.95. The number of carbonyl (C=O) groups excluding carboxylic acids is 2. The Morgan fingerprint density at radius 1 is 1.38 bits per heavy atom. The molecule has 1 aromatic rings. The van der Waals surface area contributed by atoms with E-state index in [1.165, 1.54) is 12.1 Å². The van der Waals surface area contributed by atoms with Gasteiger partial charge in [-0.25, -0.2) is 4.39 Å². The van der Waals surface area contributed by atoms with E-state index in [1.54, 1.807) is 18.2 Å². The normalized spacial score (nSPS) is 19.0. The molecule has 1 aliphatic heterocycles. The molecule has 0 atom stereocenters. The number of hydrogen-bond acceptors (Lipinski definition) is 4. The average Bonchev–Trinajstić information content (AvgIpc) is 3.31. The number of halogens is 1. The average molecular weight is 365 g/mol. The Hall–Kier alpha value is -1.93. The molecule has 2 aliphatic rings. The Balaban J connectivity index is 1.57. The molecule has 3 rings (SSSR count). The van der Waals surface area contributed by atoms with E-state index in [0.29, 0.717) is 17.7 Å².